The number of anilines is 1. The van der Waals surface area contributed by atoms with Crippen LogP contribution in [0.2, 0.25) is 5.02 Å². The minimum atomic E-state index is -1.85. The number of halogens is 4. The quantitative estimate of drug-likeness (QED) is 0.364. The molecule has 0 aliphatic carbocycles. The van der Waals surface area contributed by atoms with E-state index >= 15 is 0 Å². The number of alkyl halides is 3. The van der Waals surface area contributed by atoms with Gasteiger partial charge in [-0.05, 0) is 42.9 Å². The number of nitrogens with one attached hydrogen (secondary N) is 3. The first-order chi connectivity index (χ1) is 12.2. The van der Waals surface area contributed by atoms with Crippen LogP contribution in [0.25, 0.3) is 0 Å². The van der Waals surface area contributed by atoms with Gasteiger partial charge in [0.1, 0.15) is 12.0 Å². The molecule has 3 N–H and O–H groups in total. The third kappa shape index (κ3) is 6.14. The Labute approximate surface area is 176 Å². The molecule has 1 heterocycles. The Balaban J connectivity index is 2.07. The van der Waals surface area contributed by atoms with E-state index in [1.54, 1.807) is 24.3 Å². The molecule has 1 amide bonds. The van der Waals surface area contributed by atoms with Gasteiger partial charge in [0, 0.05) is 11.8 Å². The summed E-state index contributed by atoms with van der Waals surface area (Å²) in [7, 11) is 0. The van der Waals surface area contributed by atoms with Crippen molar-refractivity contribution in [1.29, 1.82) is 0 Å². The van der Waals surface area contributed by atoms with Gasteiger partial charge in [-0.2, -0.15) is 0 Å². The van der Waals surface area contributed by atoms with Gasteiger partial charge in [-0.3, -0.25) is 4.79 Å². The molecule has 1 aromatic carbocycles. The van der Waals surface area contributed by atoms with Crippen LogP contribution in [0.5, 0.6) is 0 Å². The van der Waals surface area contributed by atoms with E-state index in [1.807, 2.05) is 19.1 Å². The van der Waals surface area contributed by atoms with Crippen molar-refractivity contribution in [2.24, 2.45) is 0 Å². The summed E-state index contributed by atoms with van der Waals surface area (Å²) in [6.45, 7) is 1.81. The molecule has 0 fully saturated rings. The highest BCUT2D eigenvalue weighted by Gasteiger charge is 2.35. The first-order valence-electron chi connectivity index (χ1n) is 7.29. The van der Waals surface area contributed by atoms with Crippen LogP contribution in [0.4, 0.5) is 5.82 Å². The number of rotatable bonds is 4. The van der Waals surface area contributed by atoms with Crippen LogP contribution < -0.4 is 16.0 Å². The molecule has 2 rings (SSSR count). The Bertz CT molecular complexity index is 796. The summed E-state index contributed by atoms with van der Waals surface area (Å²) in [5.41, 5.74) is 1.26. The van der Waals surface area contributed by atoms with Gasteiger partial charge in [-0.25, -0.2) is 4.98 Å². The minimum absolute atomic E-state index is 0.112. The maximum absolute atomic E-state index is 12.5. The van der Waals surface area contributed by atoms with Crippen molar-refractivity contribution in [3.63, 3.8) is 0 Å². The highest BCUT2D eigenvalue weighted by molar-refractivity contribution is 7.80. The van der Waals surface area contributed by atoms with Crippen LogP contribution in [-0.2, 0) is 0 Å². The van der Waals surface area contributed by atoms with Crippen molar-refractivity contribution in [2.75, 3.05) is 5.32 Å². The van der Waals surface area contributed by atoms with Gasteiger partial charge < -0.3 is 16.0 Å². The Kier molecular flexibility index (Phi) is 7.32. The number of pyridine rings is 1. The zero-order valence-corrected chi connectivity index (χ0v) is 17.2. The zero-order chi connectivity index (χ0) is 19.3. The predicted molar refractivity (Wildman–Crippen MR) is 111 cm³/mol. The van der Waals surface area contributed by atoms with Crippen LogP contribution in [0, 0.1) is 6.92 Å². The highest BCUT2D eigenvalue weighted by Crippen LogP contribution is 2.29. The number of carbonyl (C=O) groups excluding carboxylic acids is 1. The minimum Gasteiger partial charge on any atom is -0.339 e. The van der Waals surface area contributed by atoms with Crippen molar-refractivity contribution in [2.45, 2.75) is 16.9 Å². The average molecular weight is 452 g/mol. The number of thiocarbonyl (C=S) groups is 1. The van der Waals surface area contributed by atoms with E-state index in [-0.39, 0.29) is 5.11 Å². The number of benzene rings is 1. The van der Waals surface area contributed by atoms with E-state index in [2.05, 4.69) is 20.9 Å². The molecule has 0 saturated carbocycles. The predicted octanol–water partition coefficient (Wildman–Crippen LogP) is 4.46. The summed E-state index contributed by atoms with van der Waals surface area (Å²) in [5.74, 6) is 0.0412. The van der Waals surface area contributed by atoms with E-state index in [4.69, 9.17) is 58.6 Å². The molecule has 1 aromatic heterocycles. The van der Waals surface area contributed by atoms with Crippen LogP contribution in [-0.4, -0.2) is 26.0 Å². The van der Waals surface area contributed by atoms with Crippen molar-refractivity contribution in [3.8, 4) is 0 Å². The lowest BCUT2D eigenvalue weighted by Gasteiger charge is -2.28. The van der Waals surface area contributed by atoms with Gasteiger partial charge in [0.2, 0.25) is 3.79 Å². The standard InChI is InChI=1S/C16H14Cl4N4OS/c1-9-4-2-3-5-11(9)13(25)23-14(16(18,19)20)24-15(26)22-12-7-6-10(17)8-21-12/h2-8,14H,1H3,(H,23,25)(H2,21,22,24,26)/t14-/m1/s1. The van der Waals surface area contributed by atoms with Crippen LogP contribution in [0.1, 0.15) is 15.9 Å². The second-order valence-electron chi connectivity index (χ2n) is 5.22. The van der Waals surface area contributed by atoms with E-state index in [9.17, 15) is 4.79 Å². The van der Waals surface area contributed by atoms with Gasteiger partial charge in [0.25, 0.3) is 5.91 Å². The molecule has 0 radical (unpaired) electrons. The molecule has 0 spiro atoms. The second-order valence-corrected chi connectivity index (χ2v) is 8.44. The molecule has 10 heteroatoms. The topological polar surface area (TPSA) is 66.1 Å². The Morgan fingerprint density at radius 1 is 1.15 bits per heavy atom. The number of carbonyl (C=O) groups is 1. The molecule has 0 aliphatic rings. The maximum Gasteiger partial charge on any atom is 0.253 e. The molecule has 26 heavy (non-hydrogen) atoms. The maximum atomic E-state index is 12.5. The molecule has 0 saturated heterocycles. The SMILES string of the molecule is Cc1ccccc1C(=O)N[C@H](NC(=S)Nc1ccc(Cl)cn1)C(Cl)(Cl)Cl. The van der Waals surface area contributed by atoms with Gasteiger partial charge >= 0.3 is 0 Å². The monoisotopic (exact) mass is 450 g/mol. The number of nitrogens with zero attached hydrogens (tertiary/aromatic N) is 1. The fraction of sp³-hybridized carbons (Fsp3) is 0.188. The van der Waals surface area contributed by atoms with E-state index in [1.165, 1.54) is 6.20 Å². The first kappa shape index (κ1) is 21.0. The Hall–Kier alpha value is -1.31. The molecule has 1 atom stereocenters. The second kappa shape index (κ2) is 9.06. The number of amides is 1. The van der Waals surface area contributed by atoms with Crippen LogP contribution >= 0.6 is 58.6 Å². The van der Waals surface area contributed by atoms with Gasteiger partial charge in [-0.1, -0.05) is 64.6 Å². The molecular weight excluding hydrogens is 438 g/mol. The van der Waals surface area contributed by atoms with E-state index in [0.717, 1.165) is 5.56 Å². The Morgan fingerprint density at radius 3 is 2.42 bits per heavy atom. The van der Waals surface area contributed by atoms with Crippen molar-refractivity contribution in [1.82, 2.24) is 15.6 Å². The van der Waals surface area contributed by atoms with Gasteiger partial charge in [-0.15, -0.1) is 0 Å². The fourth-order valence-corrected chi connectivity index (χ4v) is 2.63. The summed E-state index contributed by atoms with van der Waals surface area (Å²) < 4.78 is -1.85. The largest absolute Gasteiger partial charge is 0.339 e. The van der Waals surface area contributed by atoms with Gasteiger partial charge in [0.05, 0.1) is 5.02 Å². The van der Waals surface area contributed by atoms with Crippen molar-refractivity contribution < 1.29 is 4.79 Å². The Morgan fingerprint density at radius 2 is 1.85 bits per heavy atom. The molecule has 2 aromatic rings. The number of hydrogen-bond acceptors (Lipinski definition) is 3. The highest BCUT2D eigenvalue weighted by atomic mass is 35.6. The van der Waals surface area contributed by atoms with Gasteiger partial charge in [0.15, 0.2) is 5.11 Å². The molecule has 0 bridgehead atoms. The third-order valence-electron chi connectivity index (χ3n) is 3.24. The molecule has 5 nitrogen and oxygen atoms in total. The van der Waals surface area contributed by atoms with Crippen LogP contribution in [0.15, 0.2) is 42.6 Å². The lowest BCUT2D eigenvalue weighted by molar-refractivity contribution is 0.0934. The fourth-order valence-electron chi connectivity index (χ4n) is 1.97. The molecule has 0 unspecified atom stereocenters. The molecule has 138 valence electrons. The summed E-state index contributed by atoms with van der Waals surface area (Å²) in [6.07, 6.45) is 0.380. The lowest BCUT2D eigenvalue weighted by Crippen LogP contribution is -2.56. The van der Waals surface area contributed by atoms with Crippen LogP contribution in [0.3, 0.4) is 0 Å². The summed E-state index contributed by atoms with van der Waals surface area (Å²) in [5, 5.41) is 8.80. The summed E-state index contributed by atoms with van der Waals surface area (Å²) >= 11 is 28.9. The van der Waals surface area contributed by atoms with Crippen molar-refractivity contribution >= 4 is 75.5 Å². The van der Waals surface area contributed by atoms with Crippen molar-refractivity contribution in [3.05, 3.63) is 58.7 Å². The zero-order valence-electron chi connectivity index (χ0n) is 13.4. The first-order valence-corrected chi connectivity index (χ1v) is 9.21. The summed E-state index contributed by atoms with van der Waals surface area (Å²) in [4.78, 5) is 16.5. The van der Waals surface area contributed by atoms with E-state index in [0.29, 0.717) is 16.4 Å². The third-order valence-corrected chi connectivity index (χ3v) is 4.34. The molecule has 0 aliphatic heterocycles. The number of aryl methyl sites for hydroxylation is 1. The average Bonchev–Trinajstić information content (AvgIpc) is 2.56. The number of aromatic nitrogens is 1. The lowest BCUT2D eigenvalue weighted by atomic mass is 10.1. The smallest absolute Gasteiger partial charge is 0.253 e. The summed E-state index contributed by atoms with van der Waals surface area (Å²) in [6, 6.07) is 10.3. The molecular formula is C16H14Cl4N4OS. The number of hydrogen-bond donors (Lipinski definition) is 3. The normalized spacial score (nSPS) is 12.2. The van der Waals surface area contributed by atoms with E-state index < -0.39 is 15.9 Å².